The third kappa shape index (κ3) is 3.84. The van der Waals surface area contributed by atoms with E-state index < -0.39 is 12.0 Å². The van der Waals surface area contributed by atoms with Crippen LogP contribution in [-0.2, 0) is 20.7 Å². The van der Waals surface area contributed by atoms with Gasteiger partial charge in [-0.15, -0.1) is 11.3 Å². The van der Waals surface area contributed by atoms with Crippen LogP contribution in [0.4, 0.5) is 0 Å². The Morgan fingerprint density at radius 2 is 2.08 bits per heavy atom. The molecule has 24 heavy (non-hydrogen) atoms. The molecule has 6 nitrogen and oxygen atoms in total. The van der Waals surface area contributed by atoms with Crippen molar-refractivity contribution in [2.45, 2.75) is 46.6 Å². The second-order valence-electron chi connectivity index (χ2n) is 5.41. The zero-order chi connectivity index (χ0) is 17.7. The molecule has 0 fully saturated rings. The van der Waals surface area contributed by atoms with Gasteiger partial charge in [-0.3, -0.25) is 9.36 Å². The molecule has 132 valence electrons. The molecule has 0 aliphatic rings. The van der Waals surface area contributed by atoms with Gasteiger partial charge in [0.2, 0.25) is 0 Å². The second-order valence-corrected chi connectivity index (χ2v) is 6.52. The van der Waals surface area contributed by atoms with Crippen molar-refractivity contribution in [1.29, 1.82) is 0 Å². The first-order chi connectivity index (χ1) is 11.5. The lowest BCUT2D eigenvalue weighted by Gasteiger charge is -2.19. The molecule has 2 aromatic heterocycles. The summed E-state index contributed by atoms with van der Waals surface area (Å²) in [6, 6.07) is 1.21. The number of carbonyl (C=O) groups excluding carboxylic acids is 1. The van der Waals surface area contributed by atoms with Gasteiger partial charge in [0.25, 0.3) is 5.56 Å². The van der Waals surface area contributed by atoms with Crippen molar-refractivity contribution in [1.82, 2.24) is 9.55 Å². The number of hydrogen-bond acceptors (Lipinski definition) is 6. The number of carbonyl (C=O) groups is 1. The third-order valence-electron chi connectivity index (χ3n) is 3.82. The van der Waals surface area contributed by atoms with E-state index in [-0.39, 0.29) is 12.2 Å². The molecule has 0 aromatic carbocycles. The van der Waals surface area contributed by atoms with Gasteiger partial charge in [0.1, 0.15) is 23.3 Å². The molecule has 0 saturated heterocycles. The number of hydrogen-bond donors (Lipinski definition) is 0. The molecule has 1 atom stereocenters. The number of esters is 1. The summed E-state index contributed by atoms with van der Waals surface area (Å²) < 4.78 is 11.9. The zero-order valence-electron chi connectivity index (χ0n) is 14.6. The third-order valence-corrected chi connectivity index (χ3v) is 4.99. The number of fused-ring (bicyclic) bond motifs is 1. The quantitative estimate of drug-likeness (QED) is 0.540. The number of rotatable bonds is 8. The molecule has 0 radical (unpaired) electrons. The average Bonchev–Trinajstić information content (AvgIpc) is 2.98. The molecular formula is C17H24N2O4S. The van der Waals surface area contributed by atoms with E-state index in [4.69, 9.17) is 9.47 Å². The summed E-state index contributed by atoms with van der Waals surface area (Å²) >= 11 is 1.52. The smallest absolute Gasteiger partial charge is 0.329 e. The standard InChI is InChI=1S/C17H24N2O4S/c1-5-12-10-13-15(24-12)18-11(4)19(16(13)20)14(6-2)17(21)23-9-8-22-7-3/h10,14H,5-9H2,1-4H3. The Morgan fingerprint density at radius 3 is 2.71 bits per heavy atom. The Kier molecular flexibility index (Phi) is 6.51. The number of ether oxygens (including phenoxy) is 2. The Morgan fingerprint density at radius 1 is 1.33 bits per heavy atom. The normalized spacial score (nSPS) is 12.5. The summed E-state index contributed by atoms with van der Waals surface area (Å²) in [4.78, 5) is 31.6. The van der Waals surface area contributed by atoms with Crippen LogP contribution in [0.1, 0.15) is 43.9 Å². The Balaban J connectivity index is 2.33. The lowest BCUT2D eigenvalue weighted by Crippen LogP contribution is -2.33. The molecule has 0 amide bonds. The van der Waals surface area contributed by atoms with Crippen molar-refractivity contribution in [3.8, 4) is 0 Å². The topological polar surface area (TPSA) is 70.4 Å². The van der Waals surface area contributed by atoms with Gasteiger partial charge in [0.05, 0.1) is 12.0 Å². The SMILES string of the molecule is CCOCCOC(=O)C(CC)n1c(C)nc2sc(CC)cc2c1=O. The lowest BCUT2D eigenvalue weighted by atomic mass is 10.2. The highest BCUT2D eigenvalue weighted by molar-refractivity contribution is 7.18. The van der Waals surface area contributed by atoms with Gasteiger partial charge in [-0.05, 0) is 32.8 Å². The monoisotopic (exact) mass is 352 g/mol. The minimum Gasteiger partial charge on any atom is -0.462 e. The number of thiophene rings is 1. The van der Waals surface area contributed by atoms with Crippen LogP contribution in [0.5, 0.6) is 0 Å². The van der Waals surface area contributed by atoms with E-state index in [0.717, 1.165) is 16.1 Å². The summed E-state index contributed by atoms with van der Waals surface area (Å²) in [5, 5.41) is 0.572. The molecule has 0 bridgehead atoms. The molecule has 0 aliphatic heterocycles. The minimum atomic E-state index is -0.666. The number of nitrogens with zero attached hydrogens (tertiary/aromatic N) is 2. The fraction of sp³-hybridized carbons (Fsp3) is 0.588. The largest absolute Gasteiger partial charge is 0.462 e. The van der Waals surface area contributed by atoms with Gasteiger partial charge in [-0.1, -0.05) is 13.8 Å². The van der Waals surface area contributed by atoms with E-state index in [0.29, 0.717) is 30.8 Å². The maximum Gasteiger partial charge on any atom is 0.329 e. The van der Waals surface area contributed by atoms with E-state index in [1.807, 2.05) is 26.8 Å². The van der Waals surface area contributed by atoms with Crippen molar-refractivity contribution in [2.24, 2.45) is 0 Å². The first kappa shape index (κ1) is 18.6. The summed E-state index contributed by atoms with van der Waals surface area (Å²) in [6.07, 6.45) is 1.32. The molecule has 1 unspecified atom stereocenters. The van der Waals surface area contributed by atoms with Crippen LogP contribution < -0.4 is 5.56 Å². The minimum absolute atomic E-state index is 0.179. The predicted octanol–water partition coefficient (Wildman–Crippen LogP) is 2.86. The van der Waals surface area contributed by atoms with Crippen molar-refractivity contribution < 1.29 is 14.3 Å². The lowest BCUT2D eigenvalue weighted by molar-refractivity contribution is -0.149. The zero-order valence-corrected chi connectivity index (χ0v) is 15.4. The molecule has 0 spiro atoms. The van der Waals surface area contributed by atoms with Crippen molar-refractivity contribution in [3.05, 3.63) is 27.1 Å². The van der Waals surface area contributed by atoms with E-state index in [1.54, 1.807) is 6.92 Å². The Labute approximate surface area is 145 Å². The van der Waals surface area contributed by atoms with Crippen molar-refractivity contribution in [2.75, 3.05) is 19.8 Å². The molecule has 2 rings (SSSR count). The van der Waals surface area contributed by atoms with Crippen molar-refractivity contribution >= 4 is 27.5 Å². The van der Waals surface area contributed by atoms with Crippen LogP contribution in [0, 0.1) is 6.92 Å². The Hall–Kier alpha value is -1.73. The van der Waals surface area contributed by atoms with Gasteiger partial charge in [0.15, 0.2) is 0 Å². The Bertz CT molecular complexity index is 766. The van der Waals surface area contributed by atoms with Gasteiger partial charge in [-0.2, -0.15) is 0 Å². The fourth-order valence-electron chi connectivity index (χ4n) is 2.58. The van der Waals surface area contributed by atoms with Crippen LogP contribution in [-0.4, -0.2) is 35.3 Å². The maximum atomic E-state index is 12.9. The fourth-order valence-corrected chi connectivity index (χ4v) is 3.59. The summed E-state index contributed by atoms with van der Waals surface area (Å²) in [5.74, 6) is 0.111. The number of aryl methyl sites for hydroxylation is 2. The van der Waals surface area contributed by atoms with Gasteiger partial charge < -0.3 is 9.47 Å². The van der Waals surface area contributed by atoms with Gasteiger partial charge in [0, 0.05) is 11.5 Å². The molecule has 2 aromatic rings. The van der Waals surface area contributed by atoms with Crippen LogP contribution in [0.15, 0.2) is 10.9 Å². The predicted molar refractivity (Wildman–Crippen MR) is 94.8 cm³/mol. The average molecular weight is 352 g/mol. The molecule has 0 N–H and O–H groups in total. The van der Waals surface area contributed by atoms with Gasteiger partial charge in [-0.25, -0.2) is 9.78 Å². The van der Waals surface area contributed by atoms with Crippen molar-refractivity contribution in [3.63, 3.8) is 0 Å². The summed E-state index contributed by atoms with van der Waals surface area (Å²) in [5.41, 5.74) is -0.179. The maximum absolute atomic E-state index is 12.9. The highest BCUT2D eigenvalue weighted by atomic mass is 32.1. The summed E-state index contributed by atoms with van der Waals surface area (Å²) in [7, 11) is 0. The second kappa shape index (κ2) is 8.39. The van der Waals surface area contributed by atoms with Crippen LogP contribution >= 0.6 is 11.3 Å². The first-order valence-electron chi connectivity index (χ1n) is 8.29. The van der Waals surface area contributed by atoms with E-state index in [9.17, 15) is 9.59 Å². The molecular weight excluding hydrogens is 328 g/mol. The highest BCUT2D eigenvalue weighted by Crippen LogP contribution is 2.23. The first-order valence-corrected chi connectivity index (χ1v) is 9.10. The molecule has 0 aliphatic carbocycles. The van der Waals surface area contributed by atoms with Crippen LogP contribution in [0.2, 0.25) is 0 Å². The van der Waals surface area contributed by atoms with Crippen LogP contribution in [0.3, 0.4) is 0 Å². The highest BCUT2D eigenvalue weighted by Gasteiger charge is 2.25. The summed E-state index contributed by atoms with van der Waals surface area (Å²) in [6.45, 7) is 8.65. The molecule has 2 heterocycles. The molecule has 7 heteroatoms. The molecule has 0 saturated carbocycles. The number of aromatic nitrogens is 2. The van der Waals surface area contributed by atoms with E-state index in [1.165, 1.54) is 15.9 Å². The van der Waals surface area contributed by atoms with E-state index in [2.05, 4.69) is 4.98 Å². The van der Waals surface area contributed by atoms with Crippen LogP contribution in [0.25, 0.3) is 10.2 Å². The van der Waals surface area contributed by atoms with Gasteiger partial charge >= 0.3 is 5.97 Å². The van der Waals surface area contributed by atoms with E-state index >= 15 is 0 Å².